The third-order valence-electron chi connectivity index (χ3n) is 5.23. The Balaban J connectivity index is 1.28. The van der Waals surface area contributed by atoms with Crippen LogP contribution in [-0.2, 0) is 14.8 Å². The van der Waals surface area contributed by atoms with Crippen molar-refractivity contribution in [3.8, 4) is 0 Å². The number of nitrogens with zero attached hydrogens (tertiary/aromatic N) is 1. The van der Waals surface area contributed by atoms with Crippen molar-refractivity contribution in [2.24, 2.45) is 0 Å². The molecule has 0 atom stereocenters. The van der Waals surface area contributed by atoms with E-state index in [1.165, 1.54) is 40.3 Å². The standard InChI is InChI=1S/C23H23N3O4S2/c27-22(16-31-20-10-7-17-5-1-2-6-19(17)15-20)24-25-23(28)18-8-11-21(12-9-18)32(29,30)26-13-3-4-14-26/h1-2,5-12,15H,3-4,13-14,16H2,(H,24,27)(H,25,28). The number of rotatable bonds is 6. The first kappa shape index (κ1) is 22.3. The van der Waals surface area contributed by atoms with Gasteiger partial charge in [-0.1, -0.05) is 30.3 Å². The van der Waals surface area contributed by atoms with Gasteiger partial charge in [0.15, 0.2) is 0 Å². The Kier molecular flexibility index (Phi) is 6.78. The molecule has 0 bridgehead atoms. The summed E-state index contributed by atoms with van der Waals surface area (Å²) in [5.41, 5.74) is 5.02. The van der Waals surface area contributed by atoms with Crippen LogP contribution in [0, 0.1) is 0 Å². The zero-order valence-electron chi connectivity index (χ0n) is 17.3. The number of hydrogen-bond donors (Lipinski definition) is 2. The molecule has 32 heavy (non-hydrogen) atoms. The van der Waals surface area contributed by atoms with Crippen molar-refractivity contribution in [3.63, 3.8) is 0 Å². The summed E-state index contributed by atoms with van der Waals surface area (Å²) >= 11 is 1.37. The summed E-state index contributed by atoms with van der Waals surface area (Å²) in [6.07, 6.45) is 1.72. The minimum Gasteiger partial charge on any atom is -0.272 e. The molecule has 1 saturated heterocycles. The molecule has 166 valence electrons. The van der Waals surface area contributed by atoms with E-state index in [1.54, 1.807) is 0 Å². The number of benzene rings is 3. The molecule has 3 aromatic rings. The van der Waals surface area contributed by atoms with Gasteiger partial charge in [0.25, 0.3) is 5.91 Å². The van der Waals surface area contributed by atoms with Crippen LogP contribution in [0.15, 0.2) is 76.5 Å². The smallest absolute Gasteiger partial charge is 0.269 e. The van der Waals surface area contributed by atoms with E-state index in [9.17, 15) is 18.0 Å². The SMILES string of the molecule is O=C(CSc1ccc2ccccc2c1)NNC(=O)c1ccc(S(=O)(=O)N2CCCC2)cc1. The van der Waals surface area contributed by atoms with Gasteiger partial charge in [-0.3, -0.25) is 20.4 Å². The first-order valence-corrected chi connectivity index (χ1v) is 12.7. The molecule has 1 heterocycles. The van der Waals surface area contributed by atoms with E-state index in [0.29, 0.717) is 13.1 Å². The molecule has 1 aliphatic heterocycles. The topological polar surface area (TPSA) is 95.6 Å². The first-order valence-electron chi connectivity index (χ1n) is 10.2. The lowest BCUT2D eigenvalue weighted by atomic mass is 10.1. The van der Waals surface area contributed by atoms with E-state index in [2.05, 4.69) is 10.9 Å². The highest BCUT2D eigenvalue weighted by Gasteiger charge is 2.27. The van der Waals surface area contributed by atoms with Crippen LogP contribution in [-0.4, -0.2) is 43.4 Å². The first-order chi connectivity index (χ1) is 15.4. The number of hydrazine groups is 1. The summed E-state index contributed by atoms with van der Waals surface area (Å²) in [5.74, 6) is -0.713. The molecule has 0 saturated carbocycles. The lowest BCUT2D eigenvalue weighted by Gasteiger charge is -2.15. The molecule has 1 fully saturated rings. The Morgan fingerprint density at radius 1 is 0.875 bits per heavy atom. The van der Waals surface area contributed by atoms with Crippen molar-refractivity contribution >= 4 is 44.4 Å². The van der Waals surface area contributed by atoms with Gasteiger partial charge >= 0.3 is 0 Å². The lowest BCUT2D eigenvalue weighted by molar-refractivity contribution is -0.119. The van der Waals surface area contributed by atoms with Crippen LogP contribution in [0.3, 0.4) is 0 Å². The van der Waals surface area contributed by atoms with E-state index < -0.39 is 15.9 Å². The highest BCUT2D eigenvalue weighted by molar-refractivity contribution is 8.00. The minimum absolute atomic E-state index is 0.144. The number of amides is 2. The molecule has 0 spiro atoms. The van der Waals surface area contributed by atoms with Crippen molar-refractivity contribution in [2.75, 3.05) is 18.8 Å². The van der Waals surface area contributed by atoms with E-state index >= 15 is 0 Å². The molecule has 0 aromatic heterocycles. The van der Waals surface area contributed by atoms with Crippen molar-refractivity contribution in [2.45, 2.75) is 22.6 Å². The summed E-state index contributed by atoms with van der Waals surface area (Å²) in [6.45, 7) is 1.04. The largest absolute Gasteiger partial charge is 0.272 e. The van der Waals surface area contributed by atoms with Crippen molar-refractivity contribution in [3.05, 3.63) is 72.3 Å². The predicted molar refractivity (Wildman–Crippen MR) is 125 cm³/mol. The zero-order chi connectivity index (χ0) is 22.6. The zero-order valence-corrected chi connectivity index (χ0v) is 18.9. The van der Waals surface area contributed by atoms with Gasteiger partial charge in [-0.05, 0) is 60.0 Å². The normalized spacial score (nSPS) is 14.4. The number of sulfonamides is 1. The number of carbonyl (C=O) groups excluding carboxylic acids is 2. The molecule has 3 aromatic carbocycles. The second kappa shape index (κ2) is 9.72. The predicted octanol–water partition coefficient (Wildman–Crippen LogP) is 3.18. The molecule has 0 radical (unpaired) electrons. The van der Waals surface area contributed by atoms with E-state index in [4.69, 9.17) is 0 Å². The Bertz CT molecular complexity index is 1240. The number of nitrogens with one attached hydrogen (secondary N) is 2. The van der Waals surface area contributed by atoms with Crippen LogP contribution in [0.4, 0.5) is 0 Å². The minimum atomic E-state index is -3.53. The Labute approximate surface area is 191 Å². The van der Waals surface area contributed by atoms with Crippen LogP contribution in [0.5, 0.6) is 0 Å². The second-order valence-corrected chi connectivity index (χ2v) is 10.4. The summed E-state index contributed by atoms with van der Waals surface area (Å²) in [5, 5.41) is 2.23. The monoisotopic (exact) mass is 469 g/mol. The number of thioether (sulfide) groups is 1. The van der Waals surface area contributed by atoms with Crippen molar-refractivity contribution in [1.82, 2.24) is 15.2 Å². The molecule has 7 nitrogen and oxygen atoms in total. The summed E-state index contributed by atoms with van der Waals surface area (Å²) in [4.78, 5) is 25.5. The number of fused-ring (bicyclic) bond motifs is 1. The van der Waals surface area contributed by atoms with Crippen LogP contribution in [0.2, 0.25) is 0 Å². The molecule has 0 aliphatic carbocycles. The van der Waals surface area contributed by atoms with E-state index in [0.717, 1.165) is 28.5 Å². The quantitative estimate of drug-likeness (QED) is 0.427. The van der Waals surface area contributed by atoms with E-state index in [1.807, 2.05) is 42.5 Å². The van der Waals surface area contributed by atoms with Crippen molar-refractivity contribution < 1.29 is 18.0 Å². The number of hydrogen-bond acceptors (Lipinski definition) is 5. The second-order valence-electron chi connectivity index (χ2n) is 7.44. The highest BCUT2D eigenvalue weighted by Crippen LogP contribution is 2.23. The van der Waals surface area contributed by atoms with Gasteiger partial charge in [0.1, 0.15) is 0 Å². The van der Waals surface area contributed by atoms with Gasteiger partial charge in [0, 0.05) is 23.5 Å². The third kappa shape index (κ3) is 5.12. The van der Waals surface area contributed by atoms with Gasteiger partial charge in [-0.2, -0.15) is 4.31 Å². The Morgan fingerprint density at radius 3 is 2.28 bits per heavy atom. The number of carbonyl (C=O) groups is 2. The molecular formula is C23H23N3O4S2. The van der Waals surface area contributed by atoms with Gasteiger partial charge in [-0.15, -0.1) is 11.8 Å². The maximum absolute atomic E-state index is 12.6. The third-order valence-corrected chi connectivity index (χ3v) is 8.13. The molecule has 1 aliphatic rings. The van der Waals surface area contributed by atoms with Crippen molar-refractivity contribution in [1.29, 1.82) is 0 Å². The molecule has 0 unspecified atom stereocenters. The molecule has 9 heteroatoms. The lowest BCUT2D eigenvalue weighted by Crippen LogP contribution is -2.42. The molecular weight excluding hydrogens is 446 g/mol. The summed E-state index contributed by atoms with van der Waals surface area (Å²) in [7, 11) is -3.53. The molecule has 2 N–H and O–H groups in total. The van der Waals surface area contributed by atoms with E-state index in [-0.39, 0.29) is 22.1 Å². The highest BCUT2D eigenvalue weighted by atomic mass is 32.2. The van der Waals surface area contributed by atoms with Gasteiger partial charge < -0.3 is 0 Å². The molecule has 2 amide bonds. The maximum Gasteiger partial charge on any atom is 0.269 e. The van der Waals surface area contributed by atoms with Crippen LogP contribution >= 0.6 is 11.8 Å². The van der Waals surface area contributed by atoms with Gasteiger partial charge in [0.2, 0.25) is 15.9 Å². The van der Waals surface area contributed by atoms with Crippen LogP contribution in [0.25, 0.3) is 10.8 Å². The fourth-order valence-corrected chi connectivity index (χ4v) is 5.76. The summed E-state index contributed by atoms with van der Waals surface area (Å²) in [6, 6.07) is 19.7. The average Bonchev–Trinajstić information content (AvgIpc) is 3.37. The Hall–Kier alpha value is -2.88. The maximum atomic E-state index is 12.6. The average molecular weight is 470 g/mol. The Morgan fingerprint density at radius 2 is 1.56 bits per heavy atom. The van der Waals surface area contributed by atoms with Gasteiger partial charge in [-0.25, -0.2) is 8.42 Å². The fourth-order valence-electron chi connectivity index (χ4n) is 3.50. The molecule has 4 rings (SSSR count). The van der Waals surface area contributed by atoms with Crippen LogP contribution in [0.1, 0.15) is 23.2 Å². The fraction of sp³-hybridized carbons (Fsp3) is 0.217. The summed E-state index contributed by atoms with van der Waals surface area (Å²) < 4.78 is 26.6. The van der Waals surface area contributed by atoms with Crippen LogP contribution < -0.4 is 10.9 Å². The van der Waals surface area contributed by atoms with Gasteiger partial charge in [0.05, 0.1) is 10.6 Å².